The highest BCUT2D eigenvalue weighted by molar-refractivity contribution is 6.75. The van der Waals surface area contributed by atoms with Crippen molar-refractivity contribution in [2.75, 3.05) is 26.4 Å². The van der Waals surface area contributed by atoms with Crippen LogP contribution in [0.2, 0.25) is 72.5 Å². The molecule has 16 nitrogen and oxygen atoms in total. The van der Waals surface area contributed by atoms with E-state index in [2.05, 4.69) is 135 Å². The van der Waals surface area contributed by atoms with Crippen molar-refractivity contribution in [1.29, 1.82) is 0 Å². The largest absolute Gasteiger partial charge is 0.414 e. The molecule has 0 bridgehead atoms. The lowest BCUT2D eigenvalue weighted by Crippen LogP contribution is -2.54. The van der Waals surface area contributed by atoms with Crippen molar-refractivity contribution >= 4 is 76.2 Å². The fourth-order valence-corrected chi connectivity index (χ4v) is 11.2. The van der Waals surface area contributed by atoms with Crippen LogP contribution < -0.4 is 0 Å². The van der Waals surface area contributed by atoms with Crippen molar-refractivity contribution in [3.63, 3.8) is 0 Å². The van der Waals surface area contributed by atoms with Crippen LogP contribution in [0.15, 0.2) is 0 Å². The van der Waals surface area contributed by atoms with Gasteiger partial charge in [-0.15, -0.1) is 0 Å². The lowest BCUT2D eigenvalue weighted by Gasteiger charge is -2.42. The molecular weight excluding hydrogens is 964 g/mol. The molecule has 0 amide bonds. The van der Waals surface area contributed by atoms with Crippen LogP contribution >= 0.6 is 0 Å². The maximum absolute atomic E-state index is 12.7. The number of aliphatic hydroxyl groups is 6. The smallest absolute Gasteiger partial charge is 0.193 e. The molecule has 14 atom stereocenters. The van der Waals surface area contributed by atoms with E-state index in [0.29, 0.717) is 0 Å². The van der Waals surface area contributed by atoms with Crippen LogP contribution in [-0.2, 0) is 46.2 Å². The van der Waals surface area contributed by atoms with E-state index in [1.54, 1.807) is 6.92 Å². The third kappa shape index (κ3) is 16.7. The molecule has 14 unspecified atom stereocenters. The van der Waals surface area contributed by atoms with Gasteiger partial charge in [-0.3, -0.25) is 9.59 Å². The van der Waals surface area contributed by atoms with E-state index in [1.165, 1.54) is 6.92 Å². The molecule has 0 aromatic rings. The fourth-order valence-electron chi connectivity index (χ4n) is 6.32. The van der Waals surface area contributed by atoms with Gasteiger partial charge in [0.05, 0.1) is 32.5 Å². The summed E-state index contributed by atoms with van der Waals surface area (Å²) in [6, 6.07) is -3.10. The van der Waals surface area contributed by atoms with Crippen LogP contribution in [0.3, 0.4) is 0 Å². The molecule has 70 heavy (non-hydrogen) atoms. The zero-order valence-corrected chi connectivity index (χ0v) is 50.8. The van der Waals surface area contributed by atoms with Gasteiger partial charge in [0.2, 0.25) is 0 Å². The molecule has 8 radical (unpaired) electrons. The molecule has 4 rings (SSSR count). The molecule has 0 aromatic heterocycles. The zero-order chi connectivity index (χ0) is 55.6. The summed E-state index contributed by atoms with van der Waals surface area (Å²) in [5.41, 5.74) is -2.71. The van der Waals surface area contributed by atoms with Crippen LogP contribution in [0.4, 0.5) is 0 Å². The minimum Gasteiger partial charge on any atom is -0.414 e. The maximum atomic E-state index is 12.7. The summed E-state index contributed by atoms with van der Waals surface area (Å²) in [5, 5.41) is 56.2. The highest BCUT2D eigenvalue weighted by atomic mass is 28.4. The number of hydrogen-bond acceptors (Lipinski definition) is 16. The lowest BCUT2D eigenvalue weighted by molar-refractivity contribution is -0.128. The van der Waals surface area contributed by atoms with E-state index in [4.69, 9.17) is 78.2 Å². The molecule has 0 aromatic carbocycles. The van der Waals surface area contributed by atoms with Crippen LogP contribution in [0.25, 0.3) is 0 Å². The van der Waals surface area contributed by atoms with Gasteiger partial charge in [0.1, 0.15) is 85.3 Å². The SMILES string of the molecule is [B]C1OC(CO)C(=O)C1O[Si](C)(C)C(C)(C)C.[B]C1OC(CO)C(C)(O)C1O.[B]C1OC(CO)C(C)(O)C1O[Si](C)(C)C(C)(C)C.[B]C1OC(CO[Si](C)(C)C(C)(C)C)C(=O)C1O[Si](C)(C)C(C)(C)C. The van der Waals surface area contributed by atoms with Crippen molar-refractivity contribution < 1.29 is 76.9 Å². The van der Waals surface area contributed by atoms with E-state index >= 15 is 0 Å². The summed E-state index contributed by atoms with van der Waals surface area (Å²) in [5.74, 6) is -0.323. The summed E-state index contributed by atoms with van der Waals surface area (Å²) < 4.78 is 45.5. The van der Waals surface area contributed by atoms with E-state index in [-0.39, 0.29) is 58.1 Å². The first-order valence-corrected chi connectivity index (χ1v) is 36.0. The third-order valence-electron chi connectivity index (χ3n) is 15.7. The highest BCUT2D eigenvalue weighted by Crippen LogP contribution is 2.43. The van der Waals surface area contributed by atoms with Crippen molar-refractivity contribution in [2.24, 2.45) is 0 Å². The average molecular weight is 1060 g/mol. The average Bonchev–Trinajstić information content (AvgIpc) is 3.77. The van der Waals surface area contributed by atoms with Gasteiger partial charge in [0.25, 0.3) is 0 Å². The number of carbonyl (C=O) groups is 2. The Bertz CT molecular complexity index is 1680. The predicted molar refractivity (Wildman–Crippen MR) is 286 cm³/mol. The number of ether oxygens (including phenoxy) is 4. The van der Waals surface area contributed by atoms with Gasteiger partial charge >= 0.3 is 0 Å². The van der Waals surface area contributed by atoms with Gasteiger partial charge in [0, 0.05) is 24.0 Å². The second-order valence-corrected chi connectivity index (χ2v) is 44.7. The van der Waals surface area contributed by atoms with Crippen molar-refractivity contribution in [3.05, 3.63) is 0 Å². The number of hydrogen-bond donors (Lipinski definition) is 6. The van der Waals surface area contributed by atoms with Gasteiger partial charge in [-0.2, -0.15) is 0 Å². The Balaban J connectivity index is 0.000000481. The Morgan fingerprint density at radius 1 is 0.500 bits per heavy atom. The summed E-state index contributed by atoms with van der Waals surface area (Å²) in [7, 11) is 14.8. The van der Waals surface area contributed by atoms with Crippen LogP contribution in [0, 0.1) is 0 Å². The summed E-state index contributed by atoms with van der Waals surface area (Å²) in [6.45, 7) is 44.8. The van der Waals surface area contributed by atoms with E-state index < -0.39 is 117 Å². The Kier molecular flexibility index (Phi) is 23.8. The van der Waals surface area contributed by atoms with E-state index in [1.807, 2.05) is 0 Å². The minimum atomic E-state index is -2.09. The van der Waals surface area contributed by atoms with Gasteiger partial charge in [-0.05, 0) is 86.4 Å². The topological polar surface area (TPSA) is 229 Å². The van der Waals surface area contributed by atoms with Crippen LogP contribution in [-0.4, -0.2) is 217 Å². The number of Topliss-reactive ketones (excluding diaryl/α,β-unsaturated/α-hetero) is 2. The molecule has 0 saturated carbocycles. The quantitative estimate of drug-likeness (QED) is 0.153. The Labute approximate surface area is 431 Å². The number of ketones is 2. The Morgan fingerprint density at radius 3 is 1.11 bits per heavy atom. The van der Waals surface area contributed by atoms with E-state index in [9.17, 15) is 30.0 Å². The molecule has 4 heterocycles. The molecule has 4 fully saturated rings. The van der Waals surface area contributed by atoms with Crippen LogP contribution in [0.1, 0.15) is 96.9 Å². The first-order valence-electron chi connectivity index (χ1n) is 24.4. The van der Waals surface area contributed by atoms with Crippen molar-refractivity contribution in [1.82, 2.24) is 0 Å². The lowest BCUT2D eigenvalue weighted by atomic mass is 9.86. The molecule has 400 valence electrons. The third-order valence-corrected chi connectivity index (χ3v) is 33.6. The second kappa shape index (κ2) is 24.5. The molecule has 4 aliphatic heterocycles. The molecular formula is C46H92B4O16Si4. The molecule has 0 spiro atoms. The summed E-state index contributed by atoms with van der Waals surface area (Å²) in [4.78, 5) is 24.6. The number of carbonyl (C=O) groups excluding carboxylic acids is 2. The van der Waals surface area contributed by atoms with Gasteiger partial charge in [0.15, 0.2) is 44.8 Å². The standard InChI is InChI=1S/C17H35BO4Si2.C12H25BO4Si.C11H21BO4Si.C6H11BO4/c1-16(2,3)23(7,8)20-11-12-13(19)14(15(18)21-12)22-24(9,10)17(4,5)6;1-11(2,3)18(5,6)17-9-10(13)16-8(7-14)12(9,4)15;1-11(2,3)17(4,5)16-9-8(14)7(6-13)15-10(9)12;1-6(10)3(2-8)11-5(7)4(6)9/h12,14-15H,11H2,1-10H3;8-10,14-15H,7H2,1-6H3;7,9-10,13H,6H2,1-5H3;3-5,8-10H,2H2,1H3. The molecule has 24 heteroatoms. The fraction of sp³-hybridized carbons (Fsp3) is 0.957. The van der Waals surface area contributed by atoms with Crippen LogP contribution in [0.5, 0.6) is 0 Å². The first kappa shape index (κ1) is 67.9. The maximum Gasteiger partial charge on any atom is 0.193 e. The van der Waals surface area contributed by atoms with Crippen molar-refractivity contribution in [2.45, 2.75) is 254 Å². The molecule has 6 N–H and O–H groups in total. The molecule has 4 saturated heterocycles. The predicted octanol–water partition coefficient (Wildman–Crippen LogP) is 3.69. The van der Waals surface area contributed by atoms with Gasteiger partial charge in [-0.25, -0.2) is 0 Å². The van der Waals surface area contributed by atoms with Crippen molar-refractivity contribution in [3.8, 4) is 0 Å². The van der Waals surface area contributed by atoms with Gasteiger partial charge in [-0.1, -0.05) is 83.1 Å². The van der Waals surface area contributed by atoms with E-state index in [0.717, 1.165) is 0 Å². The number of aliphatic hydroxyl groups excluding tert-OH is 4. The summed E-state index contributed by atoms with van der Waals surface area (Å²) in [6.07, 6.45) is -6.11. The monoisotopic (exact) mass is 1060 g/mol. The first-order chi connectivity index (χ1) is 31.0. The Morgan fingerprint density at radius 2 is 0.829 bits per heavy atom. The Hall–Kier alpha value is -0.0927. The van der Waals surface area contributed by atoms with Gasteiger partial charge < -0.3 is 67.3 Å². The highest BCUT2D eigenvalue weighted by Gasteiger charge is 2.55. The molecule has 0 aliphatic carbocycles. The molecule has 4 aliphatic rings. The number of rotatable bonds is 12. The normalized spacial score (nSPS) is 34.6. The summed E-state index contributed by atoms with van der Waals surface area (Å²) >= 11 is 0. The minimum absolute atomic E-state index is 0.00427. The zero-order valence-electron chi connectivity index (χ0n) is 46.8. The second-order valence-electron chi connectivity index (χ2n) is 25.6.